The van der Waals surface area contributed by atoms with Crippen molar-refractivity contribution in [3.05, 3.63) is 53.1 Å². The molecule has 8 heteroatoms. The second-order valence-electron chi connectivity index (χ2n) is 4.91. The van der Waals surface area contributed by atoms with E-state index >= 15 is 0 Å². The fourth-order valence-corrected chi connectivity index (χ4v) is 3.34. The first kappa shape index (κ1) is 18.3. The van der Waals surface area contributed by atoms with Crippen LogP contribution in [0.1, 0.15) is 5.56 Å². The minimum absolute atomic E-state index is 0.124. The lowest BCUT2D eigenvalue weighted by atomic mass is 10.2. The zero-order valence-electron chi connectivity index (χ0n) is 13.1. The molecule has 2 aromatic carbocycles. The standard InChI is InChI=1S/C16H16ClNO5S/c1-11-4-3-5-13(8-11)23-16(19)10-18-24(20,21)15-9-12(17)6-7-14(15)22-2/h3-9,18H,10H2,1-2H3. The molecule has 1 N–H and O–H groups in total. The van der Waals surface area contributed by atoms with Crippen LogP contribution in [0.5, 0.6) is 11.5 Å². The van der Waals surface area contributed by atoms with Crippen molar-refractivity contribution in [2.45, 2.75) is 11.8 Å². The molecule has 0 aliphatic heterocycles. The lowest BCUT2D eigenvalue weighted by molar-refractivity contribution is -0.133. The number of methoxy groups -OCH3 is 1. The number of sulfonamides is 1. The van der Waals surface area contributed by atoms with Gasteiger partial charge in [-0.15, -0.1) is 0 Å². The van der Waals surface area contributed by atoms with Gasteiger partial charge in [-0.25, -0.2) is 8.42 Å². The average Bonchev–Trinajstić information content (AvgIpc) is 2.53. The Labute approximate surface area is 145 Å². The van der Waals surface area contributed by atoms with Crippen LogP contribution in [-0.2, 0) is 14.8 Å². The van der Waals surface area contributed by atoms with Gasteiger partial charge in [-0.2, -0.15) is 4.72 Å². The zero-order valence-corrected chi connectivity index (χ0v) is 14.6. The molecule has 24 heavy (non-hydrogen) atoms. The van der Waals surface area contributed by atoms with E-state index in [2.05, 4.69) is 4.72 Å². The first-order valence-corrected chi connectivity index (χ1v) is 8.78. The van der Waals surface area contributed by atoms with E-state index in [4.69, 9.17) is 21.1 Å². The maximum Gasteiger partial charge on any atom is 0.326 e. The van der Waals surface area contributed by atoms with Crippen LogP contribution in [0.2, 0.25) is 5.02 Å². The van der Waals surface area contributed by atoms with Crippen LogP contribution < -0.4 is 14.2 Å². The number of nitrogens with one attached hydrogen (secondary N) is 1. The van der Waals surface area contributed by atoms with Crippen molar-refractivity contribution in [2.24, 2.45) is 0 Å². The highest BCUT2D eigenvalue weighted by Crippen LogP contribution is 2.26. The highest BCUT2D eigenvalue weighted by molar-refractivity contribution is 7.89. The van der Waals surface area contributed by atoms with Crippen LogP contribution in [0.25, 0.3) is 0 Å². The van der Waals surface area contributed by atoms with Crippen molar-refractivity contribution >= 4 is 27.6 Å². The van der Waals surface area contributed by atoms with Crippen molar-refractivity contribution in [3.63, 3.8) is 0 Å². The summed E-state index contributed by atoms with van der Waals surface area (Å²) in [4.78, 5) is 11.7. The van der Waals surface area contributed by atoms with Gasteiger partial charge in [0.15, 0.2) is 0 Å². The summed E-state index contributed by atoms with van der Waals surface area (Å²) >= 11 is 5.83. The number of halogens is 1. The van der Waals surface area contributed by atoms with Gasteiger partial charge in [0.1, 0.15) is 22.9 Å². The van der Waals surface area contributed by atoms with Crippen LogP contribution in [-0.4, -0.2) is 28.0 Å². The molecule has 0 unspecified atom stereocenters. The van der Waals surface area contributed by atoms with Gasteiger partial charge < -0.3 is 9.47 Å². The number of hydrogen-bond donors (Lipinski definition) is 1. The van der Waals surface area contributed by atoms with E-state index in [1.54, 1.807) is 18.2 Å². The number of esters is 1. The third-order valence-corrected chi connectivity index (χ3v) is 4.70. The molecule has 2 aromatic rings. The summed E-state index contributed by atoms with van der Waals surface area (Å²) < 4.78 is 36.9. The summed E-state index contributed by atoms with van der Waals surface area (Å²) in [7, 11) is -2.64. The lowest BCUT2D eigenvalue weighted by Gasteiger charge is -2.11. The highest BCUT2D eigenvalue weighted by Gasteiger charge is 2.21. The fraction of sp³-hybridized carbons (Fsp3) is 0.188. The molecule has 0 bridgehead atoms. The van der Waals surface area contributed by atoms with E-state index in [0.29, 0.717) is 5.75 Å². The van der Waals surface area contributed by atoms with Crippen LogP contribution in [0.15, 0.2) is 47.4 Å². The second-order valence-corrected chi connectivity index (χ2v) is 7.08. The monoisotopic (exact) mass is 369 g/mol. The van der Waals surface area contributed by atoms with Crippen molar-refractivity contribution in [3.8, 4) is 11.5 Å². The highest BCUT2D eigenvalue weighted by atomic mass is 35.5. The van der Waals surface area contributed by atoms with Crippen LogP contribution in [0, 0.1) is 6.92 Å². The quantitative estimate of drug-likeness (QED) is 0.625. The van der Waals surface area contributed by atoms with Gasteiger partial charge in [-0.3, -0.25) is 4.79 Å². The minimum Gasteiger partial charge on any atom is -0.495 e. The number of benzene rings is 2. The molecule has 0 fully saturated rings. The molecule has 0 atom stereocenters. The molecule has 0 aliphatic rings. The second kappa shape index (κ2) is 7.65. The Morgan fingerprint density at radius 2 is 1.96 bits per heavy atom. The molecule has 0 aliphatic carbocycles. The molecule has 0 spiro atoms. The summed E-state index contributed by atoms with van der Waals surface area (Å²) in [6, 6.07) is 11.1. The van der Waals surface area contributed by atoms with E-state index < -0.39 is 22.5 Å². The van der Waals surface area contributed by atoms with E-state index in [0.717, 1.165) is 5.56 Å². The third-order valence-electron chi connectivity index (χ3n) is 3.04. The predicted octanol–water partition coefficient (Wildman–Crippen LogP) is 2.54. The first-order chi connectivity index (χ1) is 11.3. The van der Waals surface area contributed by atoms with Gasteiger partial charge in [-0.05, 0) is 42.8 Å². The molecule has 0 aromatic heterocycles. The number of carbonyl (C=O) groups is 1. The zero-order chi connectivity index (χ0) is 17.7. The van der Waals surface area contributed by atoms with Gasteiger partial charge >= 0.3 is 5.97 Å². The van der Waals surface area contributed by atoms with Gasteiger partial charge in [0.2, 0.25) is 10.0 Å². The molecular weight excluding hydrogens is 354 g/mol. The normalized spacial score (nSPS) is 11.1. The van der Waals surface area contributed by atoms with Crippen LogP contribution >= 0.6 is 11.6 Å². The Morgan fingerprint density at radius 1 is 1.21 bits per heavy atom. The Kier molecular flexibility index (Phi) is 5.82. The van der Waals surface area contributed by atoms with Crippen LogP contribution in [0.3, 0.4) is 0 Å². The van der Waals surface area contributed by atoms with Crippen LogP contribution in [0.4, 0.5) is 0 Å². The molecule has 0 saturated heterocycles. The average molecular weight is 370 g/mol. The Hall–Kier alpha value is -2.09. The Bertz CT molecular complexity index is 851. The van der Waals surface area contributed by atoms with Gasteiger partial charge in [0, 0.05) is 5.02 Å². The molecule has 128 valence electrons. The SMILES string of the molecule is COc1ccc(Cl)cc1S(=O)(=O)NCC(=O)Oc1cccc(C)c1. The Morgan fingerprint density at radius 3 is 2.62 bits per heavy atom. The molecule has 0 radical (unpaired) electrons. The third kappa shape index (κ3) is 4.70. The predicted molar refractivity (Wildman–Crippen MR) is 90.0 cm³/mol. The number of ether oxygens (including phenoxy) is 2. The summed E-state index contributed by atoms with van der Waals surface area (Å²) in [5.41, 5.74) is 0.921. The minimum atomic E-state index is -3.98. The maximum absolute atomic E-state index is 12.3. The summed E-state index contributed by atoms with van der Waals surface area (Å²) in [6.07, 6.45) is 0. The number of hydrogen-bond acceptors (Lipinski definition) is 5. The maximum atomic E-state index is 12.3. The smallest absolute Gasteiger partial charge is 0.326 e. The molecule has 0 amide bonds. The molecular formula is C16H16ClNO5S. The van der Waals surface area contributed by atoms with Crippen molar-refractivity contribution < 1.29 is 22.7 Å². The fourth-order valence-electron chi connectivity index (χ4n) is 1.94. The largest absolute Gasteiger partial charge is 0.495 e. The van der Waals surface area contributed by atoms with Crippen molar-refractivity contribution in [1.29, 1.82) is 0 Å². The lowest BCUT2D eigenvalue weighted by Crippen LogP contribution is -2.32. The number of aryl methyl sites for hydroxylation is 1. The summed E-state index contributed by atoms with van der Waals surface area (Å²) in [5, 5.41) is 0.235. The van der Waals surface area contributed by atoms with E-state index in [-0.39, 0.29) is 15.7 Å². The topological polar surface area (TPSA) is 81.7 Å². The number of carbonyl (C=O) groups excluding carboxylic acids is 1. The van der Waals surface area contributed by atoms with Crippen molar-refractivity contribution in [1.82, 2.24) is 4.72 Å². The molecule has 0 heterocycles. The summed E-state index contributed by atoms with van der Waals surface area (Å²) in [6.45, 7) is 1.33. The van der Waals surface area contributed by atoms with E-state index in [1.165, 1.54) is 25.3 Å². The molecule has 2 rings (SSSR count). The van der Waals surface area contributed by atoms with Gasteiger partial charge in [-0.1, -0.05) is 23.7 Å². The first-order valence-electron chi connectivity index (χ1n) is 6.92. The van der Waals surface area contributed by atoms with Gasteiger partial charge in [0.05, 0.1) is 7.11 Å². The molecule has 0 saturated carbocycles. The van der Waals surface area contributed by atoms with Crippen molar-refractivity contribution in [2.75, 3.05) is 13.7 Å². The summed E-state index contributed by atoms with van der Waals surface area (Å²) in [5.74, 6) is -0.261. The van der Waals surface area contributed by atoms with E-state index in [1.807, 2.05) is 13.0 Å². The van der Waals surface area contributed by atoms with E-state index in [9.17, 15) is 13.2 Å². The Balaban J connectivity index is 2.07. The van der Waals surface area contributed by atoms with Gasteiger partial charge in [0.25, 0.3) is 0 Å². The molecule has 6 nitrogen and oxygen atoms in total. The number of rotatable bonds is 6.